The van der Waals surface area contributed by atoms with Crippen molar-refractivity contribution in [1.82, 2.24) is 29.3 Å². The maximum absolute atomic E-state index is 12.1. The molecule has 0 spiro atoms. The van der Waals surface area contributed by atoms with Crippen molar-refractivity contribution in [3.8, 4) is 0 Å². The Morgan fingerprint density at radius 1 is 1.22 bits per heavy atom. The van der Waals surface area contributed by atoms with Crippen molar-refractivity contribution < 1.29 is 4.79 Å². The van der Waals surface area contributed by atoms with Crippen LogP contribution in [0.3, 0.4) is 0 Å². The van der Waals surface area contributed by atoms with Crippen molar-refractivity contribution >= 4 is 23.2 Å². The molecule has 0 saturated heterocycles. The molecule has 0 radical (unpaired) electrons. The van der Waals surface area contributed by atoms with Crippen molar-refractivity contribution in [3.63, 3.8) is 0 Å². The standard InChI is InChI=1S/C14H16ClN7O/c1-3-21-6-10(4-16-21)7-22-8-11(5-17-22)18-14(23)13-12(15)9-20(2)19-13/h4-6,8-9H,3,7H2,1-2H3,(H,18,23). The summed E-state index contributed by atoms with van der Waals surface area (Å²) < 4.78 is 5.07. The van der Waals surface area contributed by atoms with Gasteiger partial charge in [0.15, 0.2) is 5.69 Å². The third-order valence-corrected chi connectivity index (χ3v) is 3.52. The van der Waals surface area contributed by atoms with Crippen LogP contribution >= 0.6 is 11.6 Å². The van der Waals surface area contributed by atoms with E-state index < -0.39 is 0 Å². The highest BCUT2D eigenvalue weighted by Gasteiger charge is 2.15. The van der Waals surface area contributed by atoms with Crippen LogP contribution in [0.2, 0.25) is 5.02 Å². The van der Waals surface area contributed by atoms with E-state index in [1.807, 2.05) is 17.8 Å². The van der Waals surface area contributed by atoms with Crippen LogP contribution in [-0.2, 0) is 20.1 Å². The number of carbonyl (C=O) groups is 1. The summed E-state index contributed by atoms with van der Waals surface area (Å²) >= 11 is 5.96. The topological polar surface area (TPSA) is 82.6 Å². The first-order valence-electron chi connectivity index (χ1n) is 7.09. The Morgan fingerprint density at radius 3 is 2.65 bits per heavy atom. The van der Waals surface area contributed by atoms with Gasteiger partial charge in [-0.3, -0.25) is 18.8 Å². The molecule has 120 valence electrons. The number of aromatic nitrogens is 6. The van der Waals surface area contributed by atoms with E-state index in [-0.39, 0.29) is 11.6 Å². The fourth-order valence-corrected chi connectivity index (χ4v) is 2.43. The van der Waals surface area contributed by atoms with E-state index in [0.717, 1.165) is 12.1 Å². The zero-order valence-corrected chi connectivity index (χ0v) is 13.5. The number of hydrogen-bond donors (Lipinski definition) is 1. The first-order valence-corrected chi connectivity index (χ1v) is 7.47. The van der Waals surface area contributed by atoms with Crippen LogP contribution in [0.1, 0.15) is 23.0 Å². The fourth-order valence-electron chi connectivity index (χ4n) is 2.17. The van der Waals surface area contributed by atoms with Crippen LogP contribution in [0.5, 0.6) is 0 Å². The number of anilines is 1. The number of nitrogens with one attached hydrogen (secondary N) is 1. The summed E-state index contributed by atoms with van der Waals surface area (Å²) in [7, 11) is 1.71. The summed E-state index contributed by atoms with van der Waals surface area (Å²) in [6, 6.07) is 0. The van der Waals surface area contributed by atoms with Gasteiger partial charge in [0.05, 0.1) is 29.6 Å². The Bertz CT molecular complexity index is 832. The molecule has 3 aromatic rings. The lowest BCUT2D eigenvalue weighted by molar-refractivity contribution is 0.102. The van der Waals surface area contributed by atoms with E-state index in [1.54, 1.807) is 36.5 Å². The van der Waals surface area contributed by atoms with Gasteiger partial charge in [-0.15, -0.1) is 0 Å². The summed E-state index contributed by atoms with van der Waals surface area (Å²) in [5, 5.41) is 15.5. The van der Waals surface area contributed by atoms with Gasteiger partial charge in [0.25, 0.3) is 5.91 Å². The number of amides is 1. The lowest BCUT2D eigenvalue weighted by Gasteiger charge is -2.00. The summed E-state index contributed by atoms with van der Waals surface area (Å²) in [4.78, 5) is 12.1. The van der Waals surface area contributed by atoms with E-state index in [4.69, 9.17) is 11.6 Å². The highest BCUT2D eigenvalue weighted by molar-refractivity contribution is 6.34. The minimum atomic E-state index is -0.367. The second-order valence-electron chi connectivity index (χ2n) is 5.08. The molecular formula is C14H16ClN7O. The minimum Gasteiger partial charge on any atom is -0.318 e. The zero-order valence-electron chi connectivity index (χ0n) is 12.8. The van der Waals surface area contributed by atoms with Gasteiger partial charge in [0, 0.05) is 37.7 Å². The lowest BCUT2D eigenvalue weighted by atomic mass is 10.3. The highest BCUT2D eigenvalue weighted by Crippen LogP contribution is 2.15. The smallest absolute Gasteiger partial charge is 0.277 e. The third-order valence-electron chi connectivity index (χ3n) is 3.25. The molecule has 0 aliphatic rings. The zero-order chi connectivity index (χ0) is 16.4. The van der Waals surface area contributed by atoms with Crippen molar-refractivity contribution in [1.29, 1.82) is 0 Å². The van der Waals surface area contributed by atoms with E-state index in [2.05, 4.69) is 20.6 Å². The molecule has 3 rings (SSSR count). The molecule has 0 atom stereocenters. The first kappa shape index (κ1) is 15.3. The van der Waals surface area contributed by atoms with E-state index in [1.165, 1.54) is 4.68 Å². The first-order chi connectivity index (χ1) is 11.0. The predicted molar refractivity (Wildman–Crippen MR) is 85.4 cm³/mol. The number of nitrogens with zero attached hydrogens (tertiary/aromatic N) is 6. The molecule has 0 aliphatic carbocycles. The Labute approximate surface area is 137 Å². The molecule has 8 nitrogen and oxygen atoms in total. The SMILES string of the molecule is CCn1cc(Cn2cc(NC(=O)c3nn(C)cc3Cl)cn2)cn1. The number of rotatable bonds is 5. The Hall–Kier alpha value is -2.61. The van der Waals surface area contributed by atoms with Crippen molar-refractivity contribution in [2.45, 2.75) is 20.0 Å². The summed E-state index contributed by atoms with van der Waals surface area (Å²) in [5.41, 5.74) is 1.81. The molecule has 1 N–H and O–H groups in total. The quantitative estimate of drug-likeness (QED) is 0.771. The summed E-state index contributed by atoms with van der Waals surface area (Å²) in [6.45, 7) is 3.44. The highest BCUT2D eigenvalue weighted by atomic mass is 35.5. The minimum absolute atomic E-state index is 0.186. The number of hydrogen-bond acceptors (Lipinski definition) is 4. The van der Waals surface area contributed by atoms with Gasteiger partial charge in [-0.05, 0) is 6.92 Å². The molecular weight excluding hydrogens is 318 g/mol. The van der Waals surface area contributed by atoms with Crippen molar-refractivity contribution in [2.24, 2.45) is 7.05 Å². The van der Waals surface area contributed by atoms with Gasteiger partial charge >= 0.3 is 0 Å². The molecule has 0 saturated carbocycles. The lowest BCUT2D eigenvalue weighted by Crippen LogP contribution is -2.13. The van der Waals surface area contributed by atoms with Gasteiger partial charge in [-0.2, -0.15) is 15.3 Å². The third kappa shape index (κ3) is 3.42. The summed E-state index contributed by atoms with van der Waals surface area (Å²) in [6.07, 6.45) is 8.67. The molecule has 3 aromatic heterocycles. The van der Waals surface area contributed by atoms with Gasteiger partial charge in [-0.25, -0.2) is 0 Å². The Balaban J connectivity index is 1.67. The second-order valence-corrected chi connectivity index (χ2v) is 5.49. The van der Waals surface area contributed by atoms with Gasteiger partial charge in [-0.1, -0.05) is 11.6 Å². The van der Waals surface area contributed by atoms with Gasteiger partial charge < -0.3 is 5.32 Å². The van der Waals surface area contributed by atoms with E-state index >= 15 is 0 Å². The van der Waals surface area contributed by atoms with E-state index in [0.29, 0.717) is 17.3 Å². The van der Waals surface area contributed by atoms with Gasteiger partial charge in [0.2, 0.25) is 0 Å². The summed E-state index contributed by atoms with van der Waals surface area (Å²) in [5.74, 6) is -0.367. The van der Waals surface area contributed by atoms with Crippen LogP contribution in [0.4, 0.5) is 5.69 Å². The molecule has 0 aliphatic heterocycles. The average Bonchev–Trinajstić information content (AvgIpc) is 3.21. The van der Waals surface area contributed by atoms with E-state index in [9.17, 15) is 4.79 Å². The van der Waals surface area contributed by atoms with Crippen LogP contribution in [0.25, 0.3) is 0 Å². The molecule has 9 heteroatoms. The Morgan fingerprint density at radius 2 is 2.00 bits per heavy atom. The van der Waals surface area contributed by atoms with Crippen LogP contribution in [-0.4, -0.2) is 35.2 Å². The van der Waals surface area contributed by atoms with Crippen molar-refractivity contribution in [2.75, 3.05) is 5.32 Å². The fraction of sp³-hybridized carbons (Fsp3) is 0.286. The monoisotopic (exact) mass is 333 g/mol. The maximum atomic E-state index is 12.1. The largest absolute Gasteiger partial charge is 0.318 e. The number of halogens is 1. The van der Waals surface area contributed by atoms with Crippen LogP contribution in [0.15, 0.2) is 31.0 Å². The molecule has 0 fully saturated rings. The van der Waals surface area contributed by atoms with Crippen LogP contribution in [0, 0.1) is 0 Å². The normalized spacial score (nSPS) is 10.9. The molecule has 0 aromatic carbocycles. The predicted octanol–water partition coefficient (Wildman–Crippen LogP) is 1.79. The van der Waals surface area contributed by atoms with Gasteiger partial charge in [0.1, 0.15) is 0 Å². The van der Waals surface area contributed by atoms with Crippen LogP contribution < -0.4 is 5.32 Å². The van der Waals surface area contributed by atoms with Crippen molar-refractivity contribution in [3.05, 3.63) is 47.3 Å². The molecule has 3 heterocycles. The Kier molecular flexibility index (Phi) is 4.16. The second kappa shape index (κ2) is 6.25. The number of carbonyl (C=O) groups excluding carboxylic acids is 1. The molecule has 0 bridgehead atoms. The molecule has 1 amide bonds. The number of aryl methyl sites for hydroxylation is 2. The molecule has 23 heavy (non-hydrogen) atoms. The average molecular weight is 334 g/mol. The maximum Gasteiger partial charge on any atom is 0.277 e. The molecule has 0 unspecified atom stereocenters.